The number of rotatable bonds is 2. The van der Waals surface area contributed by atoms with Crippen molar-refractivity contribution in [3.05, 3.63) is 34.5 Å². The van der Waals surface area contributed by atoms with Crippen molar-refractivity contribution >= 4 is 10.9 Å². The van der Waals surface area contributed by atoms with Gasteiger partial charge in [-0.3, -0.25) is 0 Å². The number of hydrogen-bond acceptors (Lipinski definition) is 1. The average molecular weight is 270 g/mol. The van der Waals surface area contributed by atoms with Crippen LogP contribution in [-0.4, -0.2) is 11.5 Å². The predicted octanol–water partition coefficient (Wildman–Crippen LogP) is 4.41. The van der Waals surface area contributed by atoms with E-state index < -0.39 is 0 Å². The molecule has 2 aromatic rings. The van der Waals surface area contributed by atoms with Crippen molar-refractivity contribution in [2.24, 2.45) is 5.41 Å². The van der Waals surface area contributed by atoms with Gasteiger partial charge in [0.05, 0.1) is 0 Å². The minimum Gasteiger partial charge on any atom is -0.358 e. The quantitative estimate of drug-likeness (QED) is 0.831. The molecule has 20 heavy (non-hydrogen) atoms. The number of aromatic nitrogens is 1. The molecule has 2 N–H and O–H groups in total. The van der Waals surface area contributed by atoms with Crippen molar-refractivity contribution in [2.45, 2.75) is 53.5 Å². The van der Waals surface area contributed by atoms with Gasteiger partial charge in [0.1, 0.15) is 0 Å². The first kappa shape index (κ1) is 13.7. The van der Waals surface area contributed by atoms with Crippen LogP contribution in [-0.2, 0) is 6.42 Å². The fraction of sp³-hybridized carbons (Fsp3) is 0.556. The maximum atomic E-state index is 3.72. The van der Waals surface area contributed by atoms with Crippen LogP contribution < -0.4 is 5.32 Å². The molecule has 0 fully saturated rings. The molecule has 0 aliphatic heterocycles. The maximum absolute atomic E-state index is 3.72. The molecule has 0 spiro atoms. The third-order valence-corrected chi connectivity index (χ3v) is 4.58. The van der Waals surface area contributed by atoms with Gasteiger partial charge in [-0.25, -0.2) is 0 Å². The van der Waals surface area contributed by atoms with E-state index >= 15 is 0 Å². The zero-order valence-corrected chi connectivity index (χ0v) is 13.4. The van der Waals surface area contributed by atoms with Crippen LogP contribution in [0.4, 0.5) is 0 Å². The van der Waals surface area contributed by atoms with Crippen LogP contribution in [0.1, 0.15) is 55.6 Å². The molecule has 1 aromatic heterocycles. The molecule has 1 aromatic carbocycles. The van der Waals surface area contributed by atoms with Gasteiger partial charge in [0.15, 0.2) is 0 Å². The summed E-state index contributed by atoms with van der Waals surface area (Å²) in [5.41, 5.74) is 7.38. The van der Waals surface area contributed by atoms with Gasteiger partial charge < -0.3 is 10.3 Å². The lowest BCUT2D eigenvalue weighted by Gasteiger charge is -2.36. The smallest absolute Gasteiger partial charge is 0.0489 e. The topological polar surface area (TPSA) is 27.8 Å². The molecular weight excluding hydrogens is 244 g/mol. The number of fused-ring (bicyclic) bond motifs is 3. The summed E-state index contributed by atoms with van der Waals surface area (Å²) in [4.78, 5) is 3.72. The number of nitrogens with one attached hydrogen (secondary N) is 2. The molecule has 1 atom stereocenters. The van der Waals surface area contributed by atoms with E-state index in [0.717, 1.165) is 13.0 Å². The second kappa shape index (κ2) is 4.63. The first-order chi connectivity index (χ1) is 9.41. The van der Waals surface area contributed by atoms with Crippen LogP contribution in [0, 0.1) is 19.3 Å². The Balaban J connectivity index is 2.24. The summed E-state index contributed by atoms with van der Waals surface area (Å²) < 4.78 is 0. The Hall–Kier alpha value is -1.28. The van der Waals surface area contributed by atoms with Crippen molar-refractivity contribution in [3.63, 3.8) is 0 Å². The average Bonchev–Trinajstić information content (AvgIpc) is 2.66. The minimum absolute atomic E-state index is 0.365. The summed E-state index contributed by atoms with van der Waals surface area (Å²) in [6, 6.07) is 5.10. The number of H-pyrrole nitrogens is 1. The molecular formula is C18H26N2. The molecule has 2 heteroatoms. The summed E-state index contributed by atoms with van der Waals surface area (Å²) in [5.74, 6) is 0. The molecule has 1 aliphatic carbocycles. The van der Waals surface area contributed by atoms with E-state index in [1.165, 1.54) is 39.7 Å². The lowest BCUT2D eigenvalue weighted by atomic mass is 9.74. The number of hydrogen-bond donors (Lipinski definition) is 2. The summed E-state index contributed by atoms with van der Waals surface area (Å²) in [5, 5.41) is 5.12. The summed E-state index contributed by atoms with van der Waals surface area (Å²) in [6.45, 7) is 12.4. The Bertz CT molecular complexity index is 649. The van der Waals surface area contributed by atoms with Gasteiger partial charge in [0, 0.05) is 22.6 Å². The van der Waals surface area contributed by atoms with Crippen LogP contribution in [0.15, 0.2) is 12.1 Å². The Kier molecular flexibility index (Phi) is 3.17. The molecule has 1 aliphatic rings. The third-order valence-electron chi connectivity index (χ3n) is 4.58. The number of benzene rings is 1. The van der Waals surface area contributed by atoms with E-state index in [1.807, 2.05) is 0 Å². The van der Waals surface area contributed by atoms with Crippen LogP contribution >= 0.6 is 0 Å². The minimum atomic E-state index is 0.365. The molecule has 108 valence electrons. The first-order valence-corrected chi connectivity index (χ1v) is 7.76. The second-order valence-corrected chi connectivity index (χ2v) is 7.18. The van der Waals surface area contributed by atoms with E-state index in [9.17, 15) is 0 Å². The molecule has 0 saturated heterocycles. The van der Waals surface area contributed by atoms with Crippen LogP contribution in [0.25, 0.3) is 10.9 Å². The van der Waals surface area contributed by atoms with E-state index in [4.69, 9.17) is 0 Å². The van der Waals surface area contributed by atoms with Gasteiger partial charge in [-0.05, 0) is 55.8 Å². The Labute approximate surface area is 122 Å². The van der Waals surface area contributed by atoms with E-state index in [-0.39, 0.29) is 0 Å². The SMILES string of the molecule is CCNC1CC(C)(C)Cc2[nH]c3c(C)cc(C)cc3c21. The van der Waals surface area contributed by atoms with Gasteiger partial charge in [0.2, 0.25) is 0 Å². The highest BCUT2D eigenvalue weighted by Gasteiger charge is 2.34. The Morgan fingerprint density at radius 1 is 1.30 bits per heavy atom. The maximum Gasteiger partial charge on any atom is 0.0489 e. The van der Waals surface area contributed by atoms with Crippen molar-refractivity contribution in [1.29, 1.82) is 0 Å². The highest BCUT2D eigenvalue weighted by Crippen LogP contribution is 2.44. The van der Waals surface area contributed by atoms with Gasteiger partial charge in [0.25, 0.3) is 0 Å². The van der Waals surface area contributed by atoms with Gasteiger partial charge in [-0.15, -0.1) is 0 Å². The first-order valence-electron chi connectivity index (χ1n) is 7.76. The molecule has 3 rings (SSSR count). The largest absolute Gasteiger partial charge is 0.358 e. The molecule has 1 heterocycles. The molecule has 0 saturated carbocycles. The van der Waals surface area contributed by atoms with Crippen molar-refractivity contribution in [3.8, 4) is 0 Å². The fourth-order valence-electron chi connectivity index (χ4n) is 3.89. The molecule has 0 amide bonds. The highest BCUT2D eigenvalue weighted by molar-refractivity contribution is 5.88. The normalized spacial score (nSPS) is 21.1. The van der Waals surface area contributed by atoms with Crippen molar-refractivity contribution < 1.29 is 0 Å². The van der Waals surface area contributed by atoms with Gasteiger partial charge in [-0.2, -0.15) is 0 Å². The molecule has 0 bridgehead atoms. The van der Waals surface area contributed by atoms with Crippen LogP contribution in [0.2, 0.25) is 0 Å². The van der Waals surface area contributed by atoms with Gasteiger partial charge >= 0.3 is 0 Å². The summed E-state index contributed by atoms with van der Waals surface area (Å²) in [7, 11) is 0. The lowest BCUT2D eigenvalue weighted by Crippen LogP contribution is -2.33. The second-order valence-electron chi connectivity index (χ2n) is 7.18. The third kappa shape index (κ3) is 2.16. The molecule has 1 unspecified atom stereocenters. The predicted molar refractivity (Wildman–Crippen MR) is 86.3 cm³/mol. The van der Waals surface area contributed by atoms with Crippen molar-refractivity contribution in [1.82, 2.24) is 10.3 Å². The van der Waals surface area contributed by atoms with Crippen LogP contribution in [0.5, 0.6) is 0 Å². The Morgan fingerprint density at radius 3 is 2.75 bits per heavy atom. The Morgan fingerprint density at radius 2 is 2.05 bits per heavy atom. The summed E-state index contributed by atoms with van der Waals surface area (Å²) in [6.07, 6.45) is 2.37. The van der Waals surface area contributed by atoms with E-state index in [0.29, 0.717) is 11.5 Å². The monoisotopic (exact) mass is 270 g/mol. The van der Waals surface area contributed by atoms with E-state index in [1.54, 1.807) is 0 Å². The fourth-order valence-corrected chi connectivity index (χ4v) is 3.89. The van der Waals surface area contributed by atoms with Crippen molar-refractivity contribution in [2.75, 3.05) is 6.54 Å². The standard InChI is InChI=1S/C18H26N2/c1-6-19-14-9-18(4,5)10-15-16(14)13-8-11(2)7-12(3)17(13)20-15/h7-8,14,19-20H,6,9-10H2,1-5H3. The zero-order valence-electron chi connectivity index (χ0n) is 13.4. The lowest BCUT2D eigenvalue weighted by molar-refractivity contribution is 0.259. The highest BCUT2D eigenvalue weighted by atomic mass is 14.9. The number of aromatic amines is 1. The van der Waals surface area contributed by atoms with Crippen LogP contribution in [0.3, 0.4) is 0 Å². The summed E-state index contributed by atoms with van der Waals surface area (Å²) >= 11 is 0. The number of aryl methyl sites for hydroxylation is 2. The molecule has 0 radical (unpaired) electrons. The molecule has 2 nitrogen and oxygen atoms in total. The van der Waals surface area contributed by atoms with E-state index in [2.05, 4.69) is 57.1 Å². The van der Waals surface area contributed by atoms with Gasteiger partial charge in [-0.1, -0.05) is 32.4 Å². The zero-order chi connectivity index (χ0) is 14.5.